The molecule has 0 heterocycles. The second kappa shape index (κ2) is 12.4. The quantitative estimate of drug-likeness (QED) is 0.212. The van der Waals surface area contributed by atoms with Crippen LogP contribution < -0.4 is 18.9 Å². The number of benzene rings is 3. The van der Waals surface area contributed by atoms with Crippen LogP contribution in [-0.4, -0.2) is 6.10 Å². The second-order valence-corrected chi connectivity index (χ2v) is 9.34. The van der Waals surface area contributed by atoms with Crippen molar-refractivity contribution in [3.05, 3.63) is 120 Å². The number of hydrogen-bond acceptors (Lipinski definition) is 1. The van der Waals surface area contributed by atoms with Gasteiger partial charge in [-0.1, -0.05) is 130 Å². The summed E-state index contributed by atoms with van der Waals surface area (Å²) in [5.74, 6) is 1.49. The molecule has 0 N–H and O–H groups in total. The topological polar surface area (TPSA) is 9.23 Å². The summed E-state index contributed by atoms with van der Waals surface area (Å²) in [5.41, 5.74) is 2.65. The predicted molar refractivity (Wildman–Crippen MR) is 133 cm³/mol. The van der Waals surface area contributed by atoms with Crippen molar-refractivity contribution in [1.82, 2.24) is 0 Å². The summed E-state index contributed by atoms with van der Waals surface area (Å²) in [5, 5.41) is 0. The minimum atomic E-state index is -0.720. The van der Waals surface area contributed by atoms with Gasteiger partial charge in [-0.3, -0.25) is 0 Å². The summed E-state index contributed by atoms with van der Waals surface area (Å²) in [6.45, 7) is 8.63. The van der Waals surface area contributed by atoms with Crippen LogP contribution in [0, 0.1) is 18.4 Å². The van der Waals surface area contributed by atoms with E-state index >= 15 is 0 Å². The molecule has 3 atom stereocenters. The summed E-state index contributed by atoms with van der Waals surface area (Å²) in [6, 6.07) is 31.7. The van der Waals surface area contributed by atoms with Gasteiger partial charge in [0.2, 0.25) is 0 Å². The zero-order valence-corrected chi connectivity index (χ0v) is 20.2. The third-order valence-electron chi connectivity index (χ3n) is 7.03. The molecular formula is C31H35LiO. The first-order chi connectivity index (χ1) is 15.7. The molecule has 2 heteroatoms. The van der Waals surface area contributed by atoms with Gasteiger partial charge in [0, 0.05) is 6.10 Å². The van der Waals surface area contributed by atoms with Gasteiger partial charge < -0.3 is 11.3 Å². The Morgan fingerprint density at radius 1 is 0.788 bits per heavy atom. The van der Waals surface area contributed by atoms with Gasteiger partial charge in [-0.05, 0) is 34.9 Å². The molecule has 33 heavy (non-hydrogen) atoms. The summed E-state index contributed by atoms with van der Waals surface area (Å²) in [4.78, 5) is 0. The first-order valence-electron chi connectivity index (χ1n) is 12.1. The Labute approximate surface area is 212 Å². The zero-order chi connectivity index (χ0) is 22.2. The maximum absolute atomic E-state index is 7.14. The molecule has 4 rings (SSSR count). The Morgan fingerprint density at radius 2 is 1.27 bits per heavy atom. The van der Waals surface area contributed by atoms with E-state index in [4.69, 9.17) is 11.3 Å². The van der Waals surface area contributed by atoms with Crippen molar-refractivity contribution in [2.75, 3.05) is 0 Å². The van der Waals surface area contributed by atoms with Crippen molar-refractivity contribution in [3.8, 4) is 0 Å². The van der Waals surface area contributed by atoms with Gasteiger partial charge in [0.05, 0.1) is 0 Å². The summed E-state index contributed by atoms with van der Waals surface area (Å²) < 4.78 is 7.14. The smallest absolute Gasteiger partial charge is 0.515 e. The largest absolute Gasteiger partial charge is 1.00 e. The van der Waals surface area contributed by atoms with Crippen molar-refractivity contribution >= 4 is 0 Å². The Hall–Kier alpha value is -2.04. The van der Waals surface area contributed by atoms with Crippen LogP contribution in [0.4, 0.5) is 0 Å². The molecule has 1 aliphatic rings. The molecule has 0 aromatic heterocycles. The molecule has 0 spiro atoms. The van der Waals surface area contributed by atoms with Crippen LogP contribution in [0.2, 0.25) is 0 Å². The second-order valence-electron chi connectivity index (χ2n) is 9.34. The summed E-state index contributed by atoms with van der Waals surface area (Å²) >= 11 is 0. The normalized spacial score (nSPS) is 19.7. The van der Waals surface area contributed by atoms with Crippen LogP contribution >= 0.6 is 0 Å². The van der Waals surface area contributed by atoms with Crippen molar-refractivity contribution in [2.24, 2.45) is 11.8 Å². The Balaban J connectivity index is 0.00000306. The summed E-state index contributed by atoms with van der Waals surface area (Å²) in [6.07, 6.45) is 9.12. The Morgan fingerprint density at radius 3 is 1.73 bits per heavy atom. The molecule has 3 aromatic carbocycles. The maximum atomic E-state index is 7.14. The molecule has 0 aliphatic heterocycles. The van der Waals surface area contributed by atoms with E-state index in [0.29, 0.717) is 5.92 Å². The fraction of sp³-hybridized carbons (Fsp3) is 0.355. The predicted octanol–water partition coefficient (Wildman–Crippen LogP) is 4.96. The fourth-order valence-electron chi connectivity index (χ4n) is 5.24. The average Bonchev–Trinajstić information content (AvgIpc) is 3.07. The van der Waals surface area contributed by atoms with Crippen LogP contribution in [0.25, 0.3) is 0 Å². The SMILES string of the molecule is [CH-]=CC(CC1CCCC(C)CC1)OC(c1ccccc1)(c1ccccc1)c1ccccc1.[Li+]. The first kappa shape index (κ1) is 25.6. The van der Waals surface area contributed by atoms with E-state index in [1.165, 1.54) is 32.1 Å². The van der Waals surface area contributed by atoms with Crippen molar-refractivity contribution in [1.29, 1.82) is 0 Å². The number of rotatable bonds is 8. The first-order valence-corrected chi connectivity index (χ1v) is 12.1. The van der Waals surface area contributed by atoms with Crippen LogP contribution in [0.1, 0.15) is 62.1 Å². The molecule has 0 saturated heterocycles. The third-order valence-corrected chi connectivity index (χ3v) is 7.03. The molecule has 1 aliphatic carbocycles. The Kier molecular flexibility index (Phi) is 9.63. The van der Waals surface area contributed by atoms with Crippen LogP contribution in [0.5, 0.6) is 0 Å². The standard InChI is InChI=1S/C31H35O.Li/c1-3-30(24-26-15-13-14-25(2)22-23-26)32-31(27-16-7-4-8-17-27,28-18-9-5-10-19-28)29-20-11-6-12-21-29;/h1,3-12,16-21,25-26,30H,13-15,22-24H2,2H3;/q-1;+1. The zero-order valence-electron chi connectivity index (χ0n) is 20.2. The molecular weight excluding hydrogens is 395 g/mol. The third kappa shape index (κ3) is 6.10. The van der Waals surface area contributed by atoms with E-state index in [9.17, 15) is 0 Å². The van der Waals surface area contributed by atoms with Gasteiger partial charge in [0.1, 0.15) is 5.60 Å². The van der Waals surface area contributed by atoms with Crippen molar-refractivity contribution < 1.29 is 23.6 Å². The number of hydrogen-bond donors (Lipinski definition) is 0. The molecule has 3 unspecified atom stereocenters. The molecule has 166 valence electrons. The molecule has 0 radical (unpaired) electrons. The summed E-state index contributed by atoms with van der Waals surface area (Å²) in [7, 11) is 0. The van der Waals surface area contributed by atoms with Gasteiger partial charge in [-0.15, -0.1) is 0 Å². The molecule has 0 bridgehead atoms. The monoisotopic (exact) mass is 430 g/mol. The van der Waals surface area contributed by atoms with E-state index in [1.807, 2.05) is 0 Å². The van der Waals surface area contributed by atoms with E-state index < -0.39 is 5.60 Å². The maximum Gasteiger partial charge on any atom is 1.00 e. The number of ether oxygens (including phenoxy) is 1. The van der Waals surface area contributed by atoms with Crippen molar-refractivity contribution in [3.63, 3.8) is 0 Å². The van der Waals surface area contributed by atoms with E-state index in [0.717, 1.165) is 29.0 Å². The van der Waals surface area contributed by atoms with Crippen LogP contribution in [0.15, 0.2) is 97.1 Å². The molecule has 3 aromatic rings. The molecule has 1 saturated carbocycles. The van der Waals surface area contributed by atoms with Crippen LogP contribution in [-0.2, 0) is 10.3 Å². The van der Waals surface area contributed by atoms with Crippen molar-refractivity contribution in [2.45, 2.75) is 57.2 Å². The fourth-order valence-corrected chi connectivity index (χ4v) is 5.24. The average molecular weight is 431 g/mol. The van der Waals surface area contributed by atoms with Gasteiger partial charge in [-0.25, -0.2) is 6.08 Å². The Bertz CT molecular complexity index is 857. The van der Waals surface area contributed by atoms with E-state index in [-0.39, 0.29) is 25.0 Å². The molecule has 0 amide bonds. The molecule has 1 fully saturated rings. The minimum absolute atomic E-state index is 0. The van der Waals surface area contributed by atoms with E-state index in [1.54, 1.807) is 6.08 Å². The van der Waals surface area contributed by atoms with Gasteiger partial charge in [0.25, 0.3) is 0 Å². The van der Waals surface area contributed by atoms with Gasteiger partial charge in [-0.2, -0.15) is 0 Å². The minimum Gasteiger partial charge on any atom is -0.515 e. The van der Waals surface area contributed by atoms with Gasteiger partial charge >= 0.3 is 18.9 Å². The van der Waals surface area contributed by atoms with Crippen LogP contribution in [0.3, 0.4) is 0 Å². The van der Waals surface area contributed by atoms with Gasteiger partial charge in [0.15, 0.2) is 0 Å². The van der Waals surface area contributed by atoms with E-state index in [2.05, 4.69) is 97.9 Å². The molecule has 1 nitrogen and oxygen atoms in total.